The molecular weight excluding hydrogens is 564 g/mol. The summed E-state index contributed by atoms with van der Waals surface area (Å²) in [7, 11) is 0. The minimum absolute atomic E-state index is 0.133. The predicted molar refractivity (Wildman–Crippen MR) is 162 cm³/mol. The average Bonchev–Trinajstić information content (AvgIpc) is 3.78. The fraction of sp³-hybridized carbons (Fsp3) is 0.212. The van der Waals surface area contributed by atoms with E-state index in [0.717, 1.165) is 16.7 Å². The summed E-state index contributed by atoms with van der Waals surface area (Å²) in [5.41, 5.74) is 2.08. The lowest BCUT2D eigenvalue weighted by Crippen LogP contribution is -2.43. The minimum Gasteiger partial charge on any atom is -0.460 e. The fourth-order valence-corrected chi connectivity index (χ4v) is 6.02. The number of rotatable bonds is 7. The van der Waals surface area contributed by atoms with Gasteiger partial charge >= 0.3 is 6.01 Å². The Hall–Kier alpha value is -4.64. The molecule has 0 amide bonds. The van der Waals surface area contributed by atoms with Crippen molar-refractivity contribution in [3.05, 3.63) is 149 Å². The maximum absolute atomic E-state index is 12.3. The van der Waals surface area contributed by atoms with E-state index in [2.05, 4.69) is 46.4 Å². The maximum Gasteiger partial charge on any atom is 0.302 e. The molecule has 2 aromatic heterocycles. The number of fused-ring (bicyclic) bond motifs is 3. The zero-order valence-electron chi connectivity index (χ0n) is 23.2. The van der Waals surface area contributed by atoms with Gasteiger partial charge in [-0.2, -0.15) is 4.98 Å². The van der Waals surface area contributed by atoms with Crippen molar-refractivity contribution in [2.45, 2.75) is 37.1 Å². The molecule has 0 aliphatic carbocycles. The molecule has 0 spiro atoms. The van der Waals surface area contributed by atoms with Gasteiger partial charge in [0.15, 0.2) is 18.4 Å². The summed E-state index contributed by atoms with van der Waals surface area (Å²) < 4.78 is 29.6. The van der Waals surface area contributed by atoms with E-state index < -0.39 is 30.1 Å². The largest absolute Gasteiger partial charge is 0.460 e. The Morgan fingerprint density at radius 3 is 2.12 bits per heavy atom. The van der Waals surface area contributed by atoms with E-state index >= 15 is 0 Å². The molecule has 2 aliphatic heterocycles. The highest BCUT2D eigenvalue weighted by Gasteiger charge is 2.54. The highest BCUT2D eigenvalue weighted by molar-refractivity contribution is 7.80. The van der Waals surface area contributed by atoms with Crippen LogP contribution in [0.3, 0.4) is 0 Å². The number of thiocarbonyl (C=S) groups is 1. The molecule has 0 saturated carbocycles. The third-order valence-corrected chi connectivity index (χ3v) is 8.15. The van der Waals surface area contributed by atoms with Crippen molar-refractivity contribution in [2.24, 2.45) is 0 Å². The molecule has 2 aliphatic rings. The van der Waals surface area contributed by atoms with E-state index in [1.54, 1.807) is 41.0 Å². The van der Waals surface area contributed by atoms with Crippen LogP contribution in [0.5, 0.6) is 6.01 Å². The Morgan fingerprint density at radius 1 is 0.953 bits per heavy atom. The molecule has 0 N–H and O–H groups in total. The number of benzene rings is 3. The molecule has 216 valence electrons. The first-order valence-electron chi connectivity index (χ1n) is 14.0. The van der Waals surface area contributed by atoms with E-state index in [1.807, 2.05) is 54.6 Å². The van der Waals surface area contributed by atoms with Crippen LogP contribution < -0.4 is 10.3 Å². The zero-order valence-corrected chi connectivity index (χ0v) is 24.0. The molecule has 43 heavy (non-hydrogen) atoms. The second-order valence-electron chi connectivity index (χ2n) is 10.5. The van der Waals surface area contributed by atoms with Crippen LogP contribution in [-0.2, 0) is 19.8 Å². The number of hydrogen-bond donors (Lipinski definition) is 0. The van der Waals surface area contributed by atoms with E-state index in [-0.39, 0.29) is 23.4 Å². The van der Waals surface area contributed by atoms with Crippen molar-refractivity contribution < 1.29 is 18.9 Å². The predicted octanol–water partition coefficient (Wildman–Crippen LogP) is 4.63. The third-order valence-electron chi connectivity index (χ3n) is 7.85. The first-order chi connectivity index (χ1) is 21.0. The monoisotopic (exact) mass is 592 g/mol. The molecule has 0 bridgehead atoms. The van der Waals surface area contributed by atoms with Crippen molar-refractivity contribution in [1.82, 2.24) is 19.1 Å². The standard InChI is InChI=1S/C33H28N4O5S/c1-22-19-37-30-28(41-31(37)35-29(22)38)27(42-32(43)36-18-17-34-21-36)26(40-30)20-39-33(23-11-5-2-6-12-23,24-13-7-3-8-14-24)25-15-9-4-10-16-25/h2-19,21,26-28,30H,20H2,1H3/t26-,27-,28?,30-/m1/s1. The molecule has 1 fully saturated rings. The van der Waals surface area contributed by atoms with Crippen LogP contribution in [0.25, 0.3) is 0 Å². The van der Waals surface area contributed by atoms with Gasteiger partial charge in [0.05, 0.1) is 6.61 Å². The summed E-state index contributed by atoms with van der Waals surface area (Å²) in [6, 6.07) is 30.6. The number of nitrogens with zero attached hydrogens (tertiary/aromatic N) is 4. The smallest absolute Gasteiger partial charge is 0.302 e. The van der Waals surface area contributed by atoms with Gasteiger partial charge < -0.3 is 18.9 Å². The van der Waals surface area contributed by atoms with Crippen molar-refractivity contribution in [3.63, 3.8) is 0 Å². The molecule has 1 saturated heterocycles. The molecule has 9 nitrogen and oxygen atoms in total. The molecule has 5 aromatic rings. The summed E-state index contributed by atoms with van der Waals surface area (Å²) >= 11 is 5.62. The summed E-state index contributed by atoms with van der Waals surface area (Å²) in [6.45, 7) is 1.84. The van der Waals surface area contributed by atoms with Crippen LogP contribution in [0.2, 0.25) is 0 Å². The summed E-state index contributed by atoms with van der Waals surface area (Å²) in [6.07, 6.45) is 4.11. The first kappa shape index (κ1) is 27.2. The summed E-state index contributed by atoms with van der Waals surface area (Å²) in [4.78, 5) is 20.4. The van der Waals surface area contributed by atoms with Gasteiger partial charge in [0.25, 0.3) is 10.7 Å². The highest BCUT2D eigenvalue weighted by Crippen LogP contribution is 2.44. The lowest BCUT2D eigenvalue weighted by Gasteiger charge is -2.37. The zero-order chi connectivity index (χ0) is 29.4. The number of aromatic nitrogens is 4. The second kappa shape index (κ2) is 11.2. The van der Waals surface area contributed by atoms with Crippen LogP contribution in [0.15, 0.2) is 121 Å². The number of aryl methyl sites for hydroxylation is 1. The van der Waals surface area contributed by atoms with Gasteiger partial charge in [-0.15, -0.1) is 0 Å². The SMILES string of the molecule is Cc1cn2c(nc1=O)OC1[C@H]2O[C@H](COC(c2ccccc2)(c2ccccc2)c2ccccc2)[C@H]1OC(=S)n1ccnc1. The van der Waals surface area contributed by atoms with E-state index in [1.165, 1.54) is 0 Å². The van der Waals surface area contributed by atoms with Crippen LogP contribution in [0, 0.1) is 6.92 Å². The first-order valence-corrected chi connectivity index (χ1v) is 14.4. The van der Waals surface area contributed by atoms with Crippen molar-refractivity contribution in [2.75, 3.05) is 6.61 Å². The maximum atomic E-state index is 12.3. The Kier molecular flexibility index (Phi) is 7.10. The summed E-state index contributed by atoms with van der Waals surface area (Å²) in [5.74, 6) is 0. The Balaban J connectivity index is 1.28. The van der Waals surface area contributed by atoms with Gasteiger partial charge in [-0.3, -0.25) is 13.9 Å². The topological polar surface area (TPSA) is 89.6 Å². The lowest BCUT2D eigenvalue weighted by atomic mass is 9.80. The van der Waals surface area contributed by atoms with Gasteiger partial charge in [0.1, 0.15) is 18.0 Å². The van der Waals surface area contributed by atoms with Gasteiger partial charge in [0.2, 0.25) is 0 Å². The number of hydrogen-bond acceptors (Lipinski definition) is 8. The van der Waals surface area contributed by atoms with Crippen molar-refractivity contribution >= 4 is 17.4 Å². The molecule has 7 rings (SSSR count). The second-order valence-corrected chi connectivity index (χ2v) is 10.8. The molecule has 4 atom stereocenters. The van der Waals surface area contributed by atoms with Crippen LogP contribution in [0.1, 0.15) is 28.5 Å². The minimum atomic E-state index is -0.957. The van der Waals surface area contributed by atoms with Crippen molar-refractivity contribution in [3.8, 4) is 6.01 Å². The molecule has 1 unspecified atom stereocenters. The molecule has 10 heteroatoms. The van der Waals surface area contributed by atoms with E-state index in [9.17, 15) is 4.79 Å². The average molecular weight is 593 g/mol. The van der Waals surface area contributed by atoms with Gasteiger partial charge in [-0.25, -0.2) is 4.98 Å². The Labute approximate surface area is 253 Å². The van der Waals surface area contributed by atoms with Crippen LogP contribution in [0.4, 0.5) is 0 Å². The Morgan fingerprint density at radius 2 is 1.56 bits per heavy atom. The normalized spacial score (nSPS) is 20.7. The Bertz CT molecular complexity index is 1680. The molecule has 3 aromatic carbocycles. The fourth-order valence-electron chi connectivity index (χ4n) is 5.80. The van der Waals surface area contributed by atoms with Crippen molar-refractivity contribution in [1.29, 1.82) is 0 Å². The van der Waals surface area contributed by atoms with Gasteiger partial charge in [-0.1, -0.05) is 91.0 Å². The quantitative estimate of drug-likeness (QED) is 0.200. The van der Waals surface area contributed by atoms with Gasteiger partial charge in [0, 0.05) is 24.2 Å². The molecular formula is C33H28N4O5S. The van der Waals surface area contributed by atoms with Gasteiger partial charge in [-0.05, 0) is 35.8 Å². The van der Waals surface area contributed by atoms with Crippen LogP contribution >= 0.6 is 12.2 Å². The lowest BCUT2D eigenvalue weighted by molar-refractivity contribution is -0.0918. The highest BCUT2D eigenvalue weighted by atomic mass is 32.1. The molecule has 4 heterocycles. The number of ether oxygens (including phenoxy) is 4. The van der Waals surface area contributed by atoms with E-state index in [0.29, 0.717) is 5.56 Å². The third kappa shape index (κ3) is 4.83. The summed E-state index contributed by atoms with van der Waals surface area (Å²) in [5, 5.41) is 0.190. The van der Waals surface area contributed by atoms with Crippen LogP contribution in [-0.4, -0.2) is 49.2 Å². The number of imidazole rings is 1. The van der Waals surface area contributed by atoms with E-state index in [4.69, 9.17) is 31.2 Å². The molecule has 0 radical (unpaired) electrons.